The minimum atomic E-state index is 0.0179. The van der Waals surface area contributed by atoms with E-state index < -0.39 is 0 Å². The summed E-state index contributed by atoms with van der Waals surface area (Å²) in [6, 6.07) is 0. The Bertz CT molecular complexity index is 245. The fourth-order valence-corrected chi connectivity index (χ4v) is 2.22. The van der Waals surface area contributed by atoms with Gasteiger partial charge in [-0.1, -0.05) is 45.3 Å². The summed E-state index contributed by atoms with van der Waals surface area (Å²) in [4.78, 5) is 11.8. The zero-order chi connectivity index (χ0) is 12.5. The van der Waals surface area contributed by atoms with Crippen LogP contribution in [0, 0.1) is 11.8 Å². The van der Waals surface area contributed by atoms with E-state index in [4.69, 9.17) is 4.74 Å². The number of carbonyl (C=O) groups is 1. The Morgan fingerprint density at radius 2 is 2.24 bits per heavy atom. The van der Waals surface area contributed by atoms with Gasteiger partial charge in [0.15, 0.2) is 0 Å². The van der Waals surface area contributed by atoms with Crippen molar-refractivity contribution in [1.29, 1.82) is 0 Å². The van der Waals surface area contributed by atoms with Gasteiger partial charge >= 0.3 is 5.97 Å². The van der Waals surface area contributed by atoms with Crippen LogP contribution in [0.2, 0.25) is 0 Å². The third-order valence-corrected chi connectivity index (χ3v) is 3.61. The van der Waals surface area contributed by atoms with Gasteiger partial charge in [0.1, 0.15) is 0 Å². The Labute approximate surface area is 105 Å². The van der Waals surface area contributed by atoms with Crippen LogP contribution in [0.1, 0.15) is 58.8 Å². The highest BCUT2D eigenvalue weighted by Crippen LogP contribution is 2.20. The predicted molar refractivity (Wildman–Crippen MR) is 70.7 cm³/mol. The van der Waals surface area contributed by atoms with Crippen LogP contribution < -0.4 is 0 Å². The monoisotopic (exact) mass is 238 g/mol. The van der Waals surface area contributed by atoms with Crippen LogP contribution in [0.3, 0.4) is 0 Å². The fraction of sp³-hybridized carbons (Fsp3) is 0.800. The minimum Gasteiger partial charge on any atom is -0.465 e. The normalized spacial score (nSPS) is 21.2. The molecule has 0 aliphatic heterocycles. The maximum atomic E-state index is 11.8. The molecular formula is C15H26O2. The van der Waals surface area contributed by atoms with Crippen molar-refractivity contribution in [2.75, 3.05) is 6.61 Å². The van der Waals surface area contributed by atoms with Crippen LogP contribution in [0.4, 0.5) is 0 Å². The molecule has 0 aromatic carbocycles. The molecule has 98 valence electrons. The molecule has 0 aromatic heterocycles. The van der Waals surface area contributed by atoms with Gasteiger partial charge in [0.05, 0.1) is 12.5 Å². The van der Waals surface area contributed by atoms with E-state index in [9.17, 15) is 4.79 Å². The summed E-state index contributed by atoms with van der Waals surface area (Å²) in [5, 5.41) is 0. The van der Waals surface area contributed by atoms with Gasteiger partial charge in [0.25, 0.3) is 0 Å². The van der Waals surface area contributed by atoms with E-state index in [1.165, 1.54) is 19.3 Å². The van der Waals surface area contributed by atoms with E-state index in [1.807, 2.05) is 0 Å². The second kappa shape index (κ2) is 8.32. The lowest BCUT2D eigenvalue weighted by Crippen LogP contribution is -2.22. The molecule has 2 unspecified atom stereocenters. The highest BCUT2D eigenvalue weighted by molar-refractivity contribution is 5.72. The van der Waals surface area contributed by atoms with Gasteiger partial charge in [-0.25, -0.2) is 0 Å². The Balaban J connectivity index is 2.23. The zero-order valence-electron chi connectivity index (χ0n) is 11.3. The predicted octanol–water partition coefficient (Wildman–Crippen LogP) is 4.10. The smallest absolute Gasteiger partial charge is 0.309 e. The molecule has 0 fully saturated rings. The van der Waals surface area contributed by atoms with Gasteiger partial charge in [0.2, 0.25) is 0 Å². The molecule has 2 atom stereocenters. The summed E-state index contributed by atoms with van der Waals surface area (Å²) >= 11 is 0. The number of unbranched alkanes of at least 4 members (excludes halogenated alkanes) is 1. The molecule has 0 saturated heterocycles. The second-order valence-electron chi connectivity index (χ2n) is 5.03. The first-order chi connectivity index (χ1) is 8.27. The summed E-state index contributed by atoms with van der Waals surface area (Å²) < 4.78 is 5.46. The molecule has 2 nitrogen and oxygen atoms in total. The molecule has 0 bridgehead atoms. The second-order valence-corrected chi connectivity index (χ2v) is 5.03. The van der Waals surface area contributed by atoms with E-state index in [0.29, 0.717) is 12.5 Å². The van der Waals surface area contributed by atoms with Crippen LogP contribution in [0.5, 0.6) is 0 Å². The largest absolute Gasteiger partial charge is 0.465 e. The fourth-order valence-electron chi connectivity index (χ4n) is 2.22. The summed E-state index contributed by atoms with van der Waals surface area (Å²) in [5.74, 6) is 0.686. The highest BCUT2D eigenvalue weighted by atomic mass is 16.5. The molecular weight excluding hydrogens is 212 g/mol. The summed E-state index contributed by atoms with van der Waals surface area (Å²) in [5.41, 5.74) is 0. The average molecular weight is 238 g/mol. The Morgan fingerprint density at radius 1 is 1.41 bits per heavy atom. The highest BCUT2D eigenvalue weighted by Gasteiger charge is 2.21. The van der Waals surface area contributed by atoms with Gasteiger partial charge in [-0.3, -0.25) is 4.79 Å². The zero-order valence-corrected chi connectivity index (χ0v) is 11.3. The van der Waals surface area contributed by atoms with E-state index >= 15 is 0 Å². The van der Waals surface area contributed by atoms with Crippen LogP contribution in [-0.2, 0) is 9.53 Å². The number of esters is 1. The number of hydrogen-bond acceptors (Lipinski definition) is 2. The third-order valence-electron chi connectivity index (χ3n) is 3.61. The van der Waals surface area contributed by atoms with Crippen molar-refractivity contribution in [3.63, 3.8) is 0 Å². The molecule has 17 heavy (non-hydrogen) atoms. The summed E-state index contributed by atoms with van der Waals surface area (Å²) in [6.45, 7) is 5.00. The third kappa shape index (κ3) is 5.38. The number of carbonyl (C=O) groups excluding carboxylic acids is 1. The van der Waals surface area contributed by atoms with Gasteiger partial charge in [-0.2, -0.15) is 0 Å². The number of ether oxygens (including phenoxy) is 1. The van der Waals surface area contributed by atoms with Gasteiger partial charge in [-0.15, -0.1) is 0 Å². The number of rotatable bonds is 7. The number of allylic oxidation sites excluding steroid dienone is 2. The molecule has 1 aliphatic carbocycles. The SMILES string of the molecule is CCCCC(CC)COC(=O)C1CC=CCC1. The molecule has 0 spiro atoms. The van der Waals surface area contributed by atoms with E-state index in [1.54, 1.807) is 0 Å². The first kappa shape index (κ1) is 14.3. The van der Waals surface area contributed by atoms with E-state index in [2.05, 4.69) is 26.0 Å². The van der Waals surface area contributed by atoms with Crippen LogP contribution in [-0.4, -0.2) is 12.6 Å². The van der Waals surface area contributed by atoms with Crippen LogP contribution in [0.15, 0.2) is 12.2 Å². The quantitative estimate of drug-likeness (QED) is 0.493. The molecule has 1 aliphatic rings. The molecule has 0 N–H and O–H groups in total. The summed E-state index contributed by atoms with van der Waals surface area (Å²) in [6.07, 6.45) is 11.9. The van der Waals surface area contributed by atoms with Crippen LogP contribution >= 0.6 is 0 Å². The first-order valence-electron chi connectivity index (χ1n) is 7.09. The van der Waals surface area contributed by atoms with Crippen molar-refractivity contribution < 1.29 is 9.53 Å². The molecule has 1 rings (SSSR count). The average Bonchev–Trinajstić information content (AvgIpc) is 2.39. The van der Waals surface area contributed by atoms with Crippen molar-refractivity contribution in [2.24, 2.45) is 11.8 Å². The lowest BCUT2D eigenvalue weighted by molar-refractivity contribution is -0.150. The lowest BCUT2D eigenvalue weighted by Gasteiger charge is -2.19. The molecule has 2 heteroatoms. The van der Waals surface area contributed by atoms with Gasteiger partial charge < -0.3 is 4.74 Å². The van der Waals surface area contributed by atoms with Gasteiger partial charge in [-0.05, 0) is 31.6 Å². The maximum Gasteiger partial charge on any atom is 0.309 e. The first-order valence-corrected chi connectivity index (χ1v) is 7.09. The summed E-state index contributed by atoms with van der Waals surface area (Å²) in [7, 11) is 0. The Hall–Kier alpha value is -0.790. The lowest BCUT2D eigenvalue weighted by atomic mass is 9.94. The van der Waals surface area contributed by atoms with Crippen molar-refractivity contribution in [3.05, 3.63) is 12.2 Å². The molecule has 0 heterocycles. The maximum absolute atomic E-state index is 11.8. The molecule has 0 saturated carbocycles. The van der Waals surface area contributed by atoms with Gasteiger partial charge in [0, 0.05) is 0 Å². The molecule has 0 aromatic rings. The standard InChI is InChI=1S/C15H26O2/c1-3-5-9-13(4-2)12-17-15(16)14-10-7-6-8-11-14/h6-7,13-14H,3-5,8-12H2,1-2H3. The van der Waals surface area contributed by atoms with Crippen molar-refractivity contribution in [3.8, 4) is 0 Å². The molecule has 0 radical (unpaired) electrons. The molecule has 0 amide bonds. The topological polar surface area (TPSA) is 26.3 Å². The van der Waals surface area contributed by atoms with Crippen molar-refractivity contribution in [2.45, 2.75) is 58.8 Å². The Morgan fingerprint density at radius 3 is 2.82 bits per heavy atom. The minimum absolute atomic E-state index is 0.0179. The van der Waals surface area contributed by atoms with E-state index in [-0.39, 0.29) is 11.9 Å². The number of hydrogen-bond donors (Lipinski definition) is 0. The Kier molecular flexibility index (Phi) is 6.99. The van der Waals surface area contributed by atoms with E-state index in [0.717, 1.165) is 25.7 Å². The van der Waals surface area contributed by atoms with Crippen LogP contribution in [0.25, 0.3) is 0 Å². The van der Waals surface area contributed by atoms with Crippen molar-refractivity contribution >= 4 is 5.97 Å². The van der Waals surface area contributed by atoms with Crippen molar-refractivity contribution in [1.82, 2.24) is 0 Å².